The van der Waals surface area contributed by atoms with Crippen LogP contribution >= 0.6 is 0 Å². The molecule has 1 aromatic carbocycles. The van der Waals surface area contributed by atoms with Gasteiger partial charge in [-0.25, -0.2) is 9.37 Å². The molecule has 2 heterocycles. The number of benzene rings is 1. The molecule has 0 saturated heterocycles. The SMILES string of the molecule is Cn1c(-c2cc(O)cc(F)c2)nc2ccncc21. The molecular weight excluding hydrogens is 233 g/mol. The van der Waals surface area contributed by atoms with E-state index in [1.165, 1.54) is 12.1 Å². The number of hydrogen-bond donors (Lipinski definition) is 1. The number of aryl methyl sites for hydroxylation is 1. The number of fused-ring (bicyclic) bond motifs is 1. The standard InChI is InChI=1S/C13H10FN3O/c1-17-12-7-15-3-2-11(12)16-13(17)8-4-9(14)6-10(18)5-8/h2-7,18H,1H3. The number of phenolic OH excluding ortho intramolecular Hbond substituents is 1. The van der Waals surface area contributed by atoms with Gasteiger partial charge in [-0.1, -0.05) is 0 Å². The zero-order chi connectivity index (χ0) is 12.7. The zero-order valence-electron chi connectivity index (χ0n) is 9.63. The maximum absolute atomic E-state index is 13.3. The van der Waals surface area contributed by atoms with Crippen molar-refractivity contribution in [1.29, 1.82) is 0 Å². The van der Waals surface area contributed by atoms with Crippen LogP contribution in [0.25, 0.3) is 22.4 Å². The Morgan fingerprint density at radius 3 is 2.83 bits per heavy atom. The Morgan fingerprint density at radius 2 is 2.11 bits per heavy atom. The van der Waals surface area contributed by atoms with Crippen LogP contribution in [0.3, 0.4) is 0 Å². The van der Waals surface area contributed by atoms with E-state index in [2.05, 4.69) is 9.97 Å². The van der Waals surface area contributed by atoms with Gasteiger partial charge in [0, 0.05) is 24.9 Å². The minimum absolute atomic E-state index is 0.116. The van der Waals surface area contributed by atoms with Gasteiger partial charge in [0.25, 0.3) is 0 Å². The maximum Gasteiger partial charge on any atom is 0.141 e. The fourth-order valence-corrected chi connectivity index (χ4v) is 2.00. The second-order valence-corrected chi connectivity index (χ2v) is 4.06. The van der Waals surface area contributed by atoms with Crippen LogP contribution in [0.15, 0.2) is 36.7 Å². The Bertz CT molecular complexity index is 716. The van der Waals surface area contributed by atoms with Gasteiger partial charge < -0.3 is 9.67 Å². The molecule has 0 amide bonds. The van der Waals surface area contributed by atoms with Crippen LogP contribution in [0.5, 0.6) is 5.75 Å². The van der Waals surface area contributed by atoms with Crippen LogP contribution in [0, 0.1) is 5.82 Å². The largest absolute Gasteiger partial charge is 0.508 e. The van der Waals surface area contributed by atoms with E-state index in [1.54, 1.807) is 18.5 Å². The quantitative estimate of drug-likeness (QED) is 0.714. The average molecular weight is 243 g/mol. The van der Waals surface area contributed by atoms with E-state index in [9.17, 15) is 9.50 Å². The van der Waals surface area contributed by atoms with E-state index in [0.29, 0.717) is 11.4 Å². The van der Waals surface area contributed by atoms with Gasteiger partial charge in [-0.3, -0.25) is 4.98 Å². The molecule has 0 aliphatic heterocycles. The number of phenols is 1. The number of pyridine rings is 1. The highest BCUT2D eigenvalue weighted by Crippen LogP contribution is 2.26. The fourth-order valence-electron chi connectivity index (χ4n) is 2.00. The first-order valence-corrected chi connectivity index (χ1v) is 5.41. The summed E-state index contributed by atoms with van der Waals surface area (Å²) in [6.45, 7) is 0. The van der Waals surface area contributed by atoms with Gasteiger partial charge in [0.05, 0.1) is 17.2 Å². The maximum atomic E-state index is 13.3. The molecule has 0 bridgehead atoms. The Hall–Kier alpha value is -2.43. The van der Waals surface area contributed by atoms with Gasteiger partial charge >= 0.3 is 0 Å². The first-order valence-electron chi connectivity index (χ1n) is 5.41. The molecule has 0 radical (unpaired) electrons. The summed E-state index contributed by atoms with van der Waals surface area (Å²) in [7, 11) is 1.83. The second-order valence-electron chi connectivity index (χ2n) is 4.06. The van der Waals surface area contributed by atoms with Gasteiger partial charge in [0.1, 0.15) is 17.4 Å². The monoisotopic (exact) mass is 243 g/mol. The molecule has 1 N–H and O–H groups in total. The average Bonchev–Trinajstić information content (AvgIpc) is 2.66. The lowest BCUT2D eigenvalue weighted by Crippen LogP contribution is -1.93. The lowest BCUT2D eigenvalue weighted by Gasteiger charge is -2.03. The third-order valence-corrected chi connectivity index (χ3v) is 2.82. The van der Waals surface area contributed by atoms with Crippen LogP contribution < -0.4 is 0 Å². The van der Waals surface area contributed by atoms with Gasteiger partial charge in [-0.2, -0.15) is 0 Å². The molecule has 3 rings (SSSR count). The Morgan fingerprint density at radius 1 is 1.28 bits per heavy atom. The summed E-state index contributed by atoms with van der Waals surface area (Å²) in [4.78, 5) is 8.44. The summed E-state index contributed by atoms with van der Waals surface area (Å²) in [6, 6.07) is 5.68. The molecule has 0 aliphatic rings. The number of imidazole rings is 1. The summed E-state index contributed by atoms with van der Waals surface area (Å²) in [5.74, 6) is -0.0156. The lowest BCUT2D eigenvalue weighted by molar-refractivity contribution is 0.469. The summed E-state index contributed by atoms with van der Waals surface area (Å²) in [5.41, 5.74) is 2.17. The van der Waals surface area contributed by atoms with E-state index in [0.717, 1.165) is 17.1 Å². The molecular formula is C13H10FN3O. The molecule has 0 saturated carbocycles. The van der Waals surface area contributed by atoms with Gasteiger partial charge in [0.15, 0.2) is 0 Å². The van der Waals surface area contributed by atoms with Gasteiger partial charge in [-0.15, -0.1) is 0 Å². The summed E-state index contributed by atoms with van der Waals surface area (Å²) < 4.78 is 15.1. The topological polar surface area (TPSA) is 50.9 Å². The van der Waals surface area contributed by atoms with Crippen LogP contribution in [0.2, 0.25) is 0 Å². The van der Waals surface area contributed by atoms with Crippen molar-refractivity contribution in [1.82, 2.24) is 14.5 Å². The molecule has 3 aromatic rings. The number of aromatic nitrogens is 3. The van der Waals surface area contributed by atoms with Crippen molar-refractivity contribution in [2.45, 2.75) is 0 Å². The fraction of sp³-hybridized carbons (Fsp3) is 0.0769. The number of rotatable bonds is 1. The van der Waals surface area contributed by atoms with Crippen LogP contribution in [-0.4, -0.2) is 19.6 Å². The number of halogens is 1. The van der Waals surface area contributed by atoms with Crippen molar-refractivity contribution in [3.63, 3.8) is 0 Å². The van der Waals surface area contributed by atoms with E-state index < -0.39 is 5.82 Å². The molecule has 0 spiro atoms. The summed E-state index contributed by atoms with van der Waals surface area (Å²) in [6.07, 6.45) is 3.35. The van der Waals surface area contributed by atoms with Crippen molar-refractivity contribution in [3.05, 3.63) is 42.5 Å². The highest BCUT2D eigenvalue weighted by Gasteiger charge is 2.11. The van der Waals surface area contributed by atoms with Crippen molar-refractivity contribution in [2.24, 2.45) is 7.05 Å². The van der Waals surface area contributed by atoms with E-state index in [4.69, 9.17) is 0 Å². The molecule has 18 heavy (non-hydrogen) atoms. The van der Waals surface area contributed by atoms with Crippen molar-refractivity contribution in [3.8, 4) is 17.1 Å². The predicted molar refractivity (Wildman–Crippen MR) is 65.6 cm³/mol. The van der Waals surface area contributed by atoms with Crippen molar-refractivity contribution in [2.75, 3.05) is 0 Å². The van der Waals surface area contributed by atoms with Crippen LogP contribution in [-0.2, 0) is 7.05 Å². The van der Waals surface area contributed by atoms with Gasteiger partial charge in [0.2, 0.25) is 0 Å². The molecule has 0 unspecified atom stereocenters. The molecule has 5 heteroatoms. The third kappa shape index (κ3) is 1.60. The Labute approximate surface area is 102 Å². The molecule has 0 aliphatic carbocycles. The highest BCUT2D eigenvalue weighted by atomic mass is 19.1. The minimum Gasteiger partial charge on any atom is -0.508 e. The van der Waals surface area contributed by atoms with Gasteiger partial charge in [-0.05, 0) is 18.2 Å². The first-order chi connectivity index (χ1) is 8.65. The van der Waals surface area contributed by atoms with Crippen molar-refractivity contribution < 1.29 is 9.50 Å². The predicted octanol–water partition coefficient (Wildman–Crippen LogP) is 2.48. The third-order valence-electron chi connectivity index (χ3n) is 2.82. The lowest BCUT2D eigenvalue weighted by atomic mass is 10.2. The van der Waals surface area contributed by atoms with E-state index in [-0.39, 0.29) is 5.75 Å². The smallest absolute Gasteiger partial charge is 0.141 e. The van der Waals surface area contributed by atoms with Crippen LogP contribution in [0.4, 0.5) is 4.39 Å². The normalized spacial score (nSPS) is 11.0. The Kier molecular flexibility index (Phi) is 2.26. The molecule has 0 atom stereocenters. The molecule has 4 nitrogen and oxygen atoms in total. The number of nitrogens with zero attached hydrogens (tertiary/aromatic N) is 3. The number of hydrogen-bond acceptors (Lipinski definition) is 3. The first kappa shape index (κ1) is 10.7. The second kappa shape index (κ2) is 3.80. The number of aromatic hydroxyl groups is 1. The summed E-state index contributed by atoms with van der Waals surface area (Å²) in [5, 5.41) is 9.43. The minimum atomic E-state index is -0.491. The van der Waals surface area contributed by atoms with E-state index >= 15 is 0 Å². The zero-order valence-corrected chi connectivity index (χ0v) is 9.63. The molecule has 0 fully saturated rings. The Balaban J connectivity index is 2.28. The molecule has 90 valence electrons. The molecule has 2 aromatic heterocycles. The summed E-state index contributed by atoms with van der Waals surface area (Å²) >= 11 is 0. The van der Waals surface area contributed by atoms with E-state index in [1.807, 2.05) is 11.6 Å². The highest BCUT2D eigenvalue weighted by molar-refractivity contribution is 5.79. The van der Waals surface area contributed by atoms with Crippen molar-refractivity contribution >= 4 is 11.0 Å². The van der Waals surface area contributed by atoms with Crippen LogP contribution in [0.1, 0.15) is 0 Å².